The van der Waals surface area contributed by atoms with Gasteiger partial charge in [0.2, 0.25) is 0 Å². The van der Waals surface area contributed by atoms with E-state index in [-0.39, 0.29) is 12.5 Å². The van der Waals surface area contributed by atoms with Gasteiger partial charge in [0.05, 0.1) is 16.9 Å². The van der Waals surface area contributed by atoms with Crippen LogP contribution in [0.3, 0.4) is 0 Å². The molecule has 0 fully saturated rings. The molecule has 1 atom stereocenters. The monoisotopic (exact) mass is 318 g/mol. The molecule has 1 N–H and O–H groups in total. The fourth-order valence-electron chi connectivity index (χ4n) is 2.49. The SMILES string of the molecule is CCC(C(=O)O)N1C(=O)COc2ccc(-c3cscn3)cc21. The molecule has 3 rings (SSSR count). The maximum Gasteiger partial charge on any atom is 0.326 e. The molecule has 2 aromatic rings. The standard InChI is InChI=1S/C15H14N2O4S/c1-2-11(15(19)20)17-12-5-9(10-7-22-8-16-10)3-4-13(12)21-6-14(17)18/h3-5,7-8,11H,2,6H2,1H3,(H,19,20). The highest BCUT2D eigenvalue weighted by molar-refractivity contribution is 7.07. The fourth-order valence-corrected chi connectivity index (χ4v) is 3.06. The topological polar surface area (TPSA) is 79.7 Å². The van der Waals surface area contributed by atoms with E-state index in [4.69, 9.17) is 4.74 Å². The molecule has 0 aliphatic carbocycles. The van der Waals surface area contributed by atoms with Crippen LogP contribution in [0.25, 0.3) is 11.3 Å². The molecule has 6 nitrogen and oxygen atoms in total. The zero-order valence-electron chi connectivity index (χ0n) is 11.9. The number of carbonyl (C=O) groups excluding carboxylic acids is 1. The lowest BCUT2D eigenvalue weighted by Crippen LogP contribution is -2.49. The van der Waals surface area contributed by atoms with Crippen molar-refractivity contribution in [3.63, 3.8) is 0 Å². The van der Waals surface area contributed by atoms with Gasteiger partial charge in [0.15, 0.2) is 6.61 Å². The Labute approximate surface area is 131 Å². The molecule has 0 bridgehead atoms. The second kappa shape index (κ2) is 5.76. The lowest BCUT2D eigenvalue weighted by atomic mass is 10.1. The molecule has 1 amide bonds. The van der Waals surface area contributed by atoms with Crippen molar-refractivity contribution in [1.29, 1.82) is 0 Å². The Balaban J connectivity index is 2.09. The number of rotatable bonds is 4. The number of carbonyl (C=O) groups is 2. The third-order valence-electron chi connectivity index (χ3n) is 3.55. The summed E-state index contributed by atoms with van der Waals surface area (Å²) < 4.78 is 5.41. The quantitative estimate of drug-likeness (QED) is 0.936. The summed E-state index contributed by atoms with van der Waals surface area (Å²) in [6, 6.07) is 4.45. The van der Waals surface area contributed by atoms with Crippen LogP contribution in [0.4, 0.5) is 5.69 Å². The number of ether oxygens (including phenoxy) is 1. The molecule has 1 aliphatic heterocycles. The molecule has 1 unspecified atom stereocenters. The highest BCUT2D eigenvalue weighted by Gasteiger charge is 2.35. The normalized spacial score (nSPS) is 15.1. The Morgan fingerprint density at radius 3 is 3.00 bits per heavy atom. The number of nitrogens with zero attached hydrogens (tertiary/aromatic N) is 2. The summed E-state index contributed by atoms with van der Waals surface area (Å²) in [6.07, 6.45) is 0.321. The van der Waals surface area contributed by atoms with Gasteiger partial charge in [0, 0.05) is 10.9 Å². The molecule has 0 saturated heterocycles. The third-order valence-corrected chi connectivity index (χ3v) is 4.14. The van der Waals surface area contributed by atoms with Gasteiger partial charge >= 0.3 is 5.97 Å². The van der Waals surface area contributed by atoms with Crippen LogP contribution in [0.1, 0.15) is 13.3 Å². The number of amides is 1. The van der Waals surface area contributed by atoms with Crippen LogP contribution in [0.15, 0.2) is 29.1 Å². The first-order valence-electron chi connectivity index (χ1n) is 6.82. The predicted molar refractivity (Wildman–Crippen MR) is 82.2 cm³/mol. The van der Waals surface area contributed by atoms with Crippen LogP contribution < -0.4 is 9.64 Å². The molecular formula is C15H14N2O4S. The smallest absolute Gasteiger partial charge is 0.326 e. The van der Waals surface area contributed by atoms with E-state index in [9.17, 15) is 14.7 Å². The molecular weight excluding hydrogens is 304 g/mol. The summed E-state index contributed by atoms with van der Waals surface area (Å²) in [5, 5.41) is 11.3. The second-order valence-electron chi connectivity index (χ2n) is 4.87. The fraction of sp³-hybridized carbons (Fsp3) is 0.267. The number of thiazole rings is 1. The number of carboxylic acids is 1. The highest BCUT2D eigenvalue weighted by Crippen LogP contribution is 2.37. The van der Waals surface area contributed by atoms with Gasteiger partial charge in [-0.3, -0.25) is 9.69 Å². The number of hydrogen-bond acceptors (Lipinski definition) is 5. The zero-order valence-corrected chi connectivity index (χ0v) is 12.7. The second-order valence-corrected chi connectivity index (χ2v) is 5.59. The lowest BCUT2D eigenvalue weighted by Gasteiger charge is -2.33. The van der Waals surface area contributed by atoms with Gasteiger partial charge in [-0.25, -0.2) is 9.78 Å². The van der Waals surface area contributed by atoms with Crippen molar-refractivity contribution in [3.05, 3.63) is 29.1 Å². The summed E-state index contributed by atoms with van der Waals surface area (Å²) in [5.41, 5.74) is 3.81. The van der Waals surface area contributed by atoms with E-state index in [0.29, 0.717) is 17.9 Å². The highest BCUT2D eigenvalue weighted by atomic mass is 32.1. The zero-order chi connectivity index (χ0) is 15.7. The number of fused-ring (bicyclic) bond motifs is 1. The van der Waals surface area contributed by atoms with E-state index in [0.717, 1.165) is 11.3 Å². The van der Waals surface area contributed by atoms with Crippen LogP contribution in [0.5, 0.6) is 5.75 Å². The van der Waals surface area contributed by atoms with Crippen molar-refractivity contribution in [3.8, 4) is 17.0 Å². The molecule has 1 aromatic heterocycles. The molecule has 0 radical (unpaired) electrons. The van der Waals surface area contributed by atoms with Crippen LogP contribution >= 0.6 is 11.3 Å². The summed E-state index contributed by atoms with van der Waals surface area (Å²) in [7, 11) is 0. The van der Waals surface area contributed by atoms with Crippen LogP contribution in [0.2, 0.25) is 0 Å². The Hall–Kier alpha value is -2.41. The summed E-state index contributed by atoms with van der Waals surface area (Å²) >= 11 is 1.47. The van der Waals surface area contributed by atoms with Gasteiger partial charge in [0.25, 0.3) is 5.91 Å². The average molecular weight is 318 g/mol. The Morgan fingerprint density at radius 2 is 2.36 bits per heavy atom. The molecule has 22 heavy (non-hydrogen) atoms. The Kier molecular flexibility index (Phi) is 3.81. The maximum atomic E-state index is 12.2. The maximum absolute atomic E-state index is 12.2. The number of aliphatic carboxylic acids is 1. The molecule has 114 valence electrons. The van der Waals surface area contributed by atoms with Crippen LogP contribution in [-0.2, 0) is 9.59 Å². The van der Waals surface area contributed by atoms with E-state index < -0.39 is 12.0 Å². The van der Waals surface area contributed by atoms with Crippen molar-refractivity contribution in [2.45, 2.75) is 19.4 Å². The van der Waals surface area contributed by atoms with E-state index in [1.807, 2.05) is 11.4 Å². The van der Waals surface area contributed by atoms with Crippen molar-refractivity contribution in [1.82, 2.24) is 4.98 Å². The first kappa shape index (κ1) is 14.5. The van der Waals surface area contributed by atoms with Gasteiger partial charge in [-0.05, 0) is 24.6 Å². The first-order chi connectivity index (χ1) is 10.6. The number of hydrogen-bond donors (Lipinski definition) is 1. The Bertz CT molecular complexity index is 714. The molecule has 2 heterocycles. The first-order valence-corrected chi connectivity index (χ1v) is 7.76. The molecule has 7 heteroatoms. The van der Waals surface area contributed by atoms with E-state index >= 15 is 0 Å². The molecule has 1 aromatic carbocycles. The van der Waals surface area contributed by atoms with Crippen molar-refractivity contribution in [2.24, 2.45) is 0 Å². The van der Waals surface area contributed by atoms with Gasteiger partial charge in [-0.15, -0.1) is 11.3 Å². The third kappa shape index (κ3) is 2.43. The number of benzene rings is 1. The summed E-state index contributed by atoms with van der Waals surface area (Å²) in [5.74, 6) is -0.863. The average Bonchev–Trinajstić information content (AvgIpc) is 3.03. The van der Waals surface area contributed by atoms with Crippen molar-refractivity contribution >= 4 is 28.9 Å². The van der Waals surface area contributed by atoms with Crippen molar-refractivity contribution < 1.29 is 19.4 Å². The van der Waals surface area contributed by atoms with Gasteiger partial charge < -0.3 is 9.84 Å². The number of anilines is 1. The minimum Gasteiger partial charge on any atom is -0.482 e. The van der Waals surface area contributed by atoms with Crippen LogP contribution in [-0.4, -0.2) is 34.6 Å². The van der Waals surface area contributed by atoms with Gasteiger partial charge in [-0.1, -0.05) is 6.92 Å². The largest absolute Gasteiger partial charge is 0.482 e. The minimum atomic E-state index is -1.03. The van der Waals surface area contributed by atoms with Crippen molar-refractivity contribution in [2.75, 3.05) is 11.5 Å². The molecule has 1 aliphatic rings. The van der Waals surface area contributed by atoms with E-state index in [1.54, 1.807) is 24.6 Å². The number of carboxylic acid groups (broad SMARTS) is 1. The van der Waals surface area contributed by atoms with E-state index in [2.05, 4.69) is 4.98 Å². The summed E-state index contributed by atoms with van der Waals surface area (Å²) in [4.78, 5) is 29.2. The van der Waals surface area contributed by atoms with Gasteiger partial charge in [0.1, 0.15) is 11.8 Å². The predicted octanol–water partition coefficient (Wildman–Crippen LogP) is 2.40. The Morgan fingerprint density at radius 1 is 1.55 bits per heavy atom. The lowest BCUT2D eigenvalue weighted by molar-refractivity contribution is -0.140. The van der Waals surface area contributed by atoms with Gasteiger partial charge in [-0.2, -0.15) is 0 Å². The van der Waals surface area contributed by atoms with E-state index in [1.165, 1.54) is 16.2 Å². The molecule has 0 spiro atoms. The molecule has 0 saturated carbocycles. The van der Waals surface area contributed by atoms with Crippen LogP contribution in [0, 0.1) is 0 Å². The minimum absolute atomic E-state index is 0.146. The summed E-state index contributed by atoms with van der Waals surface area (Å²) in [6.45, 7) is 1.60. The number of aromatic nitrogens is 1.